The Balaban J connectivity index is 1.71. The number of nitro groups is 1. The van der Waals surface area contributed by atoms with Gasteiger partial charge in [0, 0.05) is 34.7 Å². The van der Waals surface area contributed by atoms with E-state index >= 15 is 0 Å². The van der Waals surface area contributed by atoms with E-state index < -0.39 is 20.9 Å². The number of nitro benzene ring substituents is 1. The lowest BCUT2D eigenvalue weighted by Gasteiger charge is -2.20. The Morgan fingerprint density at radius 1 is 1.19 bits per heavy atom. The van der Waals surface area contributed by atoms with Gasteiger partial charge in [0.2, 0.25) is 10.0 Å². The molecule has 0 saturated heterocycles. The lowest BCUT2D eigenvalue weighted by molar-refractivity contribution is -0.384. The van der Waals surface area contributed by atoms with Crippen LogP contribution in [0.25, 0.3) is 0 Å². The minimum absolute atomic E-state index is 0.165. The first-order valence-electron chi connectivity index (χ1n) is 9.48. The fourth-order valence-corrected chi connectivity index (χ4v) is 4.80. The average molecular weight is 471 g/mol. The van der Waals surface area contributed by atoms with Crippen LogP contribution in [-0.4, -0.2) is 36.2 Å². The minimum Gasteiger partial charge on any atom is -0.284 e. The molecular weight excluding hydrogens is 452 g/mol. The number of amides is 1. The van der Waals surface area contributed by atoms with Crippen LogP contribution in [-0.2, 0) is 10.0 Å². The van der Waals surface area contributed by atoms with E-state index in [-0.39, 0.29) is 17.3 Å². The van der Waals surface area contributed by atoms with E-state index in [1.54, 1.807) is 24.3 Å². The Morgan fingerprint density at radius 2 is 1.97 bits per heavy atom. The standard InChI is InChI=1S/C21H18N4O5S2/c1-32(29,30)23-16-7-2-5-14(11-16)18-13-19(20-9-4-10-31-20)24(22-18)21(26)15-6-3-8-17(12-15)25(27)28/h2-12,19,23H,13H2,1H3/t19-/m0/s1. The monoisotopic (exact) mass is 470 g/mol. The van der Waals surface area contributed by atoms with E-state index in [1.807, 2.05) is 17.5 Å². The van der Waals surface area contributed by atoms with Crippen LogP contribution in [0.4, 0.5) is 11.4 Å². The molecule has 3 aromatic rings. The number of non-ortho nitro benzene ring substituents is 1. The second-order valence-electron chi connectivity index (χ2n) is 7.19. The normalized spacial score (nSPS) is 16.0. The van der Waals surface area contributed by atoms with Crippen LogP contribution in [0, 0.1) is 10.1 Å². The number of hydrogen-bond acceptors (Lipinski definition) is 7. The molecule has 0 bridgehead atoms. The molecule has 0 radical (unpaired) electrons. The quantitative estimate of drug-likeness (QED) is 0.431. The highest BCUT2D eigenvalue weighted by atomic mass is 32.2. The van der Waals surface area contributed by atoms with Gasteiger partial charge >= 0.3 is 0 Å². The summed E-state index contributed by atoms with van der Waals surface area (Å²) in [7, 11) is -3.44. The zero-order valence-corrected chi connectivity index (χ0v) is 18.5. The smallest absolute Gasteiger partial charge is 0.274 e. The van der Waals surface area contributed by atoms with Crippen LogP contribution in [0.2, 0.25) is 0 Å². The first-order valence-corrected chi connectivity index (χ1v) is 12.3. The number of sulfonamides is 1. The first-order chi connectivity index (χ1) is 15.2. The Hall–Kier alpha value is -3.57. The summed E-state index contributed by atoms with van der Waals surface area (Å²) in [5.74, 6) is -0.451. The summed E-state index contributed by atoms with van der Waals surface area (Å²) in [6.07, 6.45) is 1.49. The summed E-state index contributed by atoms with van der Waals surface area (Å²) in [5, 5.41) is 18.9. The third-order valence-corrected chi connectivity index (χ3v) is 6.37. The average Bonchev–Trinajstić information content (AvgIpc) is 3.42. The molecule has 1 atom stereocenters. The molecule has 11 heteroatoms. The summed E-state index contributed by atoms with van der Waals surface area (Å²) >= 11 is 1.49. The van der Waals surface area contributed by atoms with Gasteiger partial charge in [-0.05, 0) is 35.2 Å². The van der Waals surface area contributed by atoms with Gasteiger partial charge in [-0.2, -0.15) is 5.10 Å². The van der Waals surface area contributed by atoms with E-state index in [1.165, 1.54) is 40.6 Å². The van der Waals surface area contributed by atoms with Gasteiger partial charge in [0.1, 0.15) is 0 Å². The summed E-state index contributed by atoms with van der Waals surface area (Å²) < 4.78 is 25.6. The van der Waals surface area contributed by atoms with Crippen molar-refractivity contribution in [2.45, 2.75) is 12.5 Å². The molecule has 0 fully saturated rings. The molecule has 0 aliphatic carbocycles. The number of carbonyl (C=O) groups is 1. The SMILES string of the molecule is CS(=O)(=O)Nc1cccc(C2=NN(C(=O)c3cccc([N+](=O)[O-])c3)[C@H](c3cccs3)C2)c1. The van der Waals surface area contributed by atoms with Crippen molar-refractivity contribution in [2.24, 2.45) is 5.10 Å². The van der Waals surface area contributed by atoms with Crippen molar-refractivity contribution in [3.8, 4) is 0 Å². The Labute approximate surface area is 188 Å². The highest BCUT2D eigenvalue weighted by Gasteiger charge is 2.34. The second-order valence-corrected chi connectivity index (χ2v) is 9.92. The van der Waals surface area contributed by atoms with Crippen LogP contribution >= 0.6 is 11.3 Å². The van der Waals surface area contributed by atoms with Crippen LogP contribution in [0.15, 0.2) is 71.1 Å². The number of carbonyl (C=O) groups excluding carboxylic acids is 1. The molecule has 2 heterocycles. The van der Waals surface area contributed by atoms with Crippen LogP contribution < -0.4 is 4.72 Å². The number of anilines is 1. The number of nitrogens with one attached hydrogen (secondary N) is 1. The molecule has 32 heavy (non-hydrogen) atoms. The molecule has 1 N–H and O–H groups in total. The summed E-state index contributed by atoms with van der Waals surface area (Å²) in [4.78, 5) is 24.8. The van der Waals surface area contributed by atoms with Crippen LogP contribution in [0.1, 0.15) is 33.3 Å². The van der Waals surface area contributed by atoms with Gasteiger partial charge in [-0.3, -0.25) is 19.6 Å². The van der Waals surface area contributed by atoms with Gasteiger partial charge in [-0.25, -0.2) is 13.4 Å². The van der Waals surface area contributed by atoms with Crippen molar-refractivity contribution in [1.82, 2.24) is 5.01 Å². The fraction of sp³-hybridized carbons (Fsp3) is 0.143. The maximum Gasteiger partial charge on any atom is 0.274 e. The highest BCUT2D eigenvalue weighted by molar-refractivity contribution is 7.92. The van der Waals surface area contributed by atoms with E-state index in [4.69, 9.17) is 0 Å². The molecule has 0 saturated carbocycles. The Kier molecular flexibility index (Phi) is 5.76. The van der Waals surface area contributed by atoms with Gasteiger partial charge in [-0.1, -0.05) is 24.3 Å². The molecule has 1 amide bonds. The summed E-state index contributed by atoms with van der Waals surface area (Å²) in [6, 6.07) is 15.7. The number of hydrogen-bond donors (Lipinski definition) is 1. The zero-order valence-electron chi connectivity index (χ0n) is 16.8. The lowest BCUT2D eigenvalue weighted by atomic mass is 10.0. The van der Waals surface area contributed by atoms with E-state index in [0.717, 1.165) is 11.1 Å². The van der Waals surface area contributed by atoms with Crippen molar-refractivity contribution in [3.63, 3.8) is 0 Å². The number of rotatable bonds is 6. The maximum atomic E-state index is 13.3. The molecule has 0 spiro atoms. The molecule has 2 aromatic carbocycles. The second kappa shape index (κ2) is 8.52. The van der Waals surface area contributed by atoms with E-state index in [2.05, 4.69) is 9.82 Å². The third-order valence-electron chi connectivity index (χ3n) is 4.79. The van der Waals surface area contributed by atoms with Gasteiger partial charge in [0.25, 0.3) is 11.6 Å². The van der Waals surface area contributed by atoms with E-state index in [0.29, 0.717) is 23.4 Å². The predicted octanol–water partition coefficient (Wildman–Crippen LogP) is 4.02. The van der Waals surface area contributed by atoms with Gasteiger partial charge in [0.05, 0.1) is 22.9 Å². The predicted molar refractivity (Wildman–Crippen MR) is 122 cm³/mol. The Morgan fingerprint density at radius 3 is 2.66 bits per heavy atom. The molecular formula is C21H18N4O5S2. The Bertz CT molecular complexity index is 1320. The van der Waals surface area contributed by atoms with Crippen LogP contribution in [0.3, 0.4) is 0 Å². The van der Waals surface area contributed by atoms with Crippen molar-refractivity contribution >= 4 is 44.4 Å². The van der Waals surface area contributed by atoms with E-state index in [9.17, 15) is 23.3 Å². The van der Waals surface area contributed by atoms with Crippen molar-refractivity contribution < 1.29 is 18.1 Å². The molecule has 9 nitrogen and oxygen atoms in total. The zero-order chi connectivity index (χ0) is 22.9. The molecule has 164 valence electrons. The maximum absolute atomic E-state index is 13.3. The van der Waals surface area contributed by atoms with Gasteiger partial charge in [0.15, 0.2) is 0 Å². The van der Waals surface area contributed by atoms with Crippen LogP contribution in [0.5, 0.6) is 0 Å². The van der Waals surface area contributed by atoms with Crippen molar-refractivity contribution in [2.75, 3.05) is 11.0 Å². The van der Waals surface area contributed by atoms with Gasteiger partial charge < -0.3 is 0 Å². The first kappa shape index (κ1) is 21.7. The number of benzene rings is 2. The molecule has 1 aliphatic heterocycles. The number of hydrazone groups is 1. The molecule has 4 rings (SSSR count). The largest absolute Gasteiger partial charge is 0.284 e. The molecule has 0 unspecified atom stereocenters. The summed E-state index contributed by atoms with van der Waals surface area (Å²) in [6.45, 7) is 0. The molecule has 1 aromatic heterocycles. The number of thiophene rings is 1. The molecule has 1 aliphatic rings. The fourth-order valence-electron chi connectivity index (χ4n) is 3.44. The van der Waals surface area contributed by atoms with Crippen molar-refractivity contribution in [3.05, 3.63) is 92.2 Å². The lowest BCUT2D eigenvalue weighted by Crippen LogP contribution is -2.26. The van der Waals surface area contributed by atoms with Crippen molar-refractivity contribution in [1.29, 1.82) is 0 Å². The van der Waals surface area contributed by atoms with Gasteiger partial charge in [-0.15, -0.1) is 11.3 Å². The minimum atomic E-state index is -3.44. The topological polar surface area (TPSA) is 122 Å². The number of nitrogens with zero attached hydrogens (tertiary/aromatic N) is 3. The highest BCUT2D eigenvalue weighted by Crippen LogP contribution is 2.36. The summed E-state index contributed by atoms with van der Waals surface area (Å²) in [5.41, 5.74) is 1.67. The third kappa shape index (κ3) is 4.68.